The number of halogens is 4. The summed E-state index contributed by atoms with van der Waals surface area (Å²) in [4.78, 5) is 42.3. The number of hydrogen-bond acceptors (Lipinski definition) is 4. The van der Waals surface area contributed by atoms with Crippen LogP contribution < -0.4 is 15.6 Å². The van der Waals surface area contributed by atoms with Gasteiger partial charge >= 0.3 is 0 Å². The van der Waals surface area contributed by atoms with Gasteiger partial charge in [0.2, 0.25) is 5.43 Å². The van der Waals surface area contributed by atoms with Crippen LogP contribution in [0.25, 0.3) is 0 Å². The summed E-state index contributed by atoms with van der Waals surface area (Å²) < 4.78 is 41.4. The van der Waals surface area contributed by atoms with Crippen LogP contribution in [-0.2, 0) is 13.0 Å². The van der Waals surface area contributed by atoms with Crippen molar-refractivity contribution in [1.29, 1.82) is 0 Å². The lowest BCUT2D eigenvalue weighted by Gasteiger charge is -2.27. The van der Waals surface area contributed by atoms with Crippen molar-refractivity contribution in [3.05, 3.63) is 91.6 Å². The third-order valence-electron chi connectivity index (χ3n) is 5.98. The fraction of sp³-hybridized carbons (Fsp3) is 0.240. The number of nitrogens with one attached hydrogen (secondary N) is 2. The Hall–Kier alpha value is -3.79. The minimum Gasteiger partial charge on any atom is -0.503 e. The first-order chi connectivity index (χ1) is 17.2. The fourth-order valence-corrected chi connectivity index (χ4v) is 4.24. The first-order valence-electron chi connectivity index (χ1n) is 11.1. The molecule has 2 aromatic carbocycles. The number of nitrogens with zero attached hydrogens (tertiary/aromatic N) is 1. The van der Waals surface area contributed by atoms with Crippen LogP contribution >= 0.6 is 11.6 Å². The molecular weight excluding hydrogens is 499 g/mol. The quantitative estimate of drug-likeness (QED) is 0.443. The van der Waals surface area contributed by atoms with Crippen LogP contribution in [-0.4, -0.2) is 28.4 Å². The topological polar surface area (TPSA) is 102 Å². The predicted octanol–water partition coefficient (Wildman–Crippen LogP) is 4.45. The van der Waals surface area contributed by atoms with Crippen LogP contribution in [0.4, 0.5) is 18.9 Å². The van der Waals surface area contributed by atoms with E-state index >= 15 is 0 Å². The van der Waals surface area contributed by atoms with Crippen molar-refractivity contribution in [2.45, 2.75) is 32.2 Å². The van der Waals surface area contributed by atoms with E-state index in [1.807, 2.05) is 0 Å². The number of fused-ring (bicyclic) bond motifs is 1. The molecule has 3 aromatic rings. The minimum atomic E-state index is -1.13. The van der Waals surface area contributed by atoms with Crippen LogP contribution in [0.2, 0.25) is 5.02 Å². The molecule has 188 valence electrons. The molecular formula is C25H21ClF3N3O4. The number of benzene rings is 2. The van der Waals surface area contributed by atoms with Gasteiger partial charge in [0.05, 0.1) is 5.69 Å². The number of anilines is 1. The van der Waals surface area contributed by atoms with Gasteiger partial charge in [0.25, 0.3) is 11.8 Å². The molecule has 3 N–H and O–H groups in total. The summed E-state index contributed by atoms with van der Waals surface area (Å²) in [5.41, 5.74) is -1.12. The Morgan fingerprint density at radius 1 is 1.11 bits per heavy atom. The Balaban J connectivity index is 1.59. The van der Waals surface area contributed by atoms with Crippen LogP contribution in [0.15, 0.2) is 41.3 Å². The third kappa shape index (κ3) is 4.94. The highest BCUT2D eigenvalue weighted by Gasteiger charge is 2.27. The zero-order valence-electron chi connectivity index (χ0n) is 18.8. The van der Waals surface area contributed by atoms with Gasteiger partial charge in [-0.1, -0.05) is 30.2 Å². The van der Waals surface area contributed by atoms with E-state index in [9.17, 15) is 32.7 Å². The average molecular weight is 520 g/mol. The molecule has 0 saturated heterocycles. The Labute approximate surface area is 208 Å². The van der Waals surface area contributed by atoms with Crippen LogP contribution in [0.3, 0.4) is 0 Å². The van der Waals surface area contributed by atoms with Crippen molar-refractivity contribution >= 4 is 29.1 Å². The number of hydrogen-bond donors (Lipinski definition) is 3. The largest absolute Gasteiger partial charge is 0.503 e. The smallest absolute Gasteiger partial charge is 0.278 e. The first kappa shape index (κ1) is 25.3. The van der Waals surface area contributed by atoms with Crippen molar-refractivity contribution in [3.8, 4) is 5.75 Å². The third-order valence-corrected chi connectivity index (χ3v) is 6.33. The molecule has 1 aliphatic rings. The van der Waals surface area contributed by atoms with E-state index in [1.165, 1.54) is 17.0 Å². The summed E-state index contributed by atoms with van der Waals surface area (Å²) in [6.07, 6.45) is 3.94. The molecule has 11 heteroatoms. The number of aromatic hydroxyl groups is 1. The van der Waals surface area contributed by atoms with Gasteiger partial charge in [0.15, 0.2) is 11.4 Å². The summed E-state index contributed by atoms with van der Waals surface area (Å²) >= 11 is 5.52. The van der Waals surface area contributed by atoms with Crippen molar-refractivity contribution in [3.63, 3.8) is 0 Å². The van der Waals surface area contributed by atoms with Gasteiger partial charge < -0.3 is 20.3 Å². The van der Waals surface area contributed by atoms with Crippen molar-refractivity contribution < 1.29 is 27.9 Å². The van der Waals surface area contributed by atoms with Gasteiger partial charge in [-0.25, -0.2) is 13.2 Å². The number of amides is 2. The van der Waals surface area contributed by atoms with Gasteiger partial charge in [0.1, 0.15) is 28.0 Å². The molecule has 36 heavy (non-hydrogen) atoms. The average Bonchev–Trinajstić information content (AvgIpc) is 2.84. The summed E-state index contributed by atoms with van der Waals surface area (Å²) in [6.45, 7) is -0.174. The maximum atomic E-state index is 14.1. The zero-order chi connectivity index (χ0) is 26.0. The molecule has 7 nitrogen and oxygen atoms in total. The van der Waals surface area contributed by atoms with E-state index in [-0.39, 0.29) is 12.1 Å². The maximum Gasteiger partial charge on any atom is 0.278 e. The van der Waals surface area contributed by atoms with E-state index in [4.69, 9.17) is 11.6 Å². The molecule has 0 atom stereocenters. The molecule has 0 spiro atoms. The summed E-state index contributed by atoms with van der Waals surface area (Å²) in [5, 5.41) is 12.0. The maximum absolute atomic E-state index is 14.1. The zero-order valence-corrected chi connectivity index (χ0v) is 19.6. The summed E-state index contributed by atoms with van der Waals surface area (Å²) in [7, 11) is 0. The molecule has 0 saturated carbocycles. The van der Waals surface area contributed by atoms with Crippen LogP contribution in [0.5, 0.6) is 5.75 Å². The second-order valence-corrected chi connectivity index (χ2v) is 8.69. The lowest BCUT2D eigenvalue weighted by Crippen LogP contribution is -2.36. The van der Waals surface area contributed by atoms with Crippen LogP contribution in [0, 0.1) is 17.5 Å². The Morgan fingerprint density at radius 3 is 2.67 bits per heavy atom. The summed E-state index contributed by atoms with van der Waals surface area (Å²) in [5.74, 6) is -5.26. The Bertz CT molecular complexity index is 1410. The van der Waals surface area contributed by atoms with Crippen LogP contribution in [0.1, 0.15) is 51.2 Å². The molecule has 0 radical (unpaired) electrons. The predicted molar refractivity (Wildman–Crippen MR) is 127 cm³/mol. The number of H-pyrrole nitrogens is 1. The monoisotopic (exact) mass is 519 g/mol. The number of aromatic nitrogens is 1. The number of aromatic amines is 1. The highest BCUT2D eigenvalue weighted by Crippen LogP contribution is 2.29. The summed E-state index contributed by atoms with van der Waals surface area (Å²) in [6, 6.07) is 6.16. The van der Waals surface area contributed by atoms with Crippen molar-refractivity contribution in [1.82, 2.24) is 10.3 Å². The van der Waals surface area contributed by atoms with E-state index in [2.05, 4.69) is 10.3 Å². The molecule has 1 aliphatic heterocycles. The molecule has 0 bridgehead atoms. The lowest BCUT2D eigenvalue weighted by atomic mass is 10.0. The van der Waals surface area contributed by atoms with Crippen molar-refractivity contribution in [2.24, 2.45) is 0 Å². The minimum absolute atomic E-state index is 0.120. The highest BCUT2D eigenvalue weighted by atomic mass is 35.5. The SMILES string of the molecule is O=C(NCc1ccc(F)c(Cl)c1F)c1c[nH]c(C(=O)N2CCCCCc3ccc(F)cc32)c(O)c1=O. The molecule has 2 heterocycles. The van der Waals surface area contributed by atoms with E-state index < -0.39 is 63.3 Å². The molecule has 4 rings (SSSR count). The molecule has 0 aliphatic carbocycles. The molecule has 1 aromatic heterocycles. The molecule has 0 unspecified atom stereocenters. The number of carbonyl (C=O) groups excluding carboxylic acids is 2. The van der Waals surface area contributed by atoms with Gasteiger partial charge in [-0.15, -0.1) is 0 Å². The number of pyridine rings is 1. The second-order valence-electron chi connectivity index (χ2n) is 8.31. The van der Waals surface area contributed by atoms with E-state index in [1.54, 1.807) is 6.07 Å². The first-order valence-corrected chi connectivity index (χ1v) is 11.5. The standard InChI is InChI=1S/C25H21ClF3N3O4/c26-19-17(28)8-6-14(20(19)29)11-31-24(35)16-12-30-21(23(34)22(16)33)25(36)32-9-3-1-2-4-13-5-7-15(27)10-18(13)32/h5-8,10,12,34H,1-4,9,11H2,(H,30,33)(H,31,35). The van der Waals surface area contributed by atoms with Gasteiger partial charge in [-0.05, 0) is 43.0 Å². The van der Waals surface area contributed by atoms with Gasteiger partial charge in [-0.3, -0.25) is 14.4 Å². The normalized spacial score (nSPS) is 13.5. The number of carbonyl (C=O) groups is 2. The van der Waals surface area contributed by atoms with Gasteiger partial charge in [-0.2, -0.15) is 0 Å². The molecule has 2 amide bonds. The molecule has 0 fully saturated rings. The number of aryl methyl sites for hydroxylation is 1. The fourth-order valence-electron chi connectivity index (χ4n) is 4.05. The lowest BCUT2D eigenvalue weighted by molar-refractivity contribution is 0.0942. The van der Waals surface area contributed by atoms with Gasteiger partial charge in [0, 0.05) is 24.8 Å². The highest BCUT2D eigenvalue weighted by molar-refractivity contribution is 6.31. The van der Waals surface area contributed by atoms with Crippen molar-refractivity contribution in [2.75, 3.05) is 11.4 Å². The second kappa shape index (κ2) is 10.4. The Kier molecular flexibility index (Phi) is 7.35. The Morgan fingerprint density at radius 2 is 1.89 bits per heavy atom. The van der Waals surface area contributed by atoms with E-state index in [0.717, 1.165) is 36.7 Å². The number of rotatable bonds is 4. The van der Waals surface area contributed by atoms with E-state index in [0.29, 0.717) is 18.5 Å².